The summed E-state index contributed by atoms with van der Waals surface area (Å²) in [6.45, 7) is 0. The molecular weight excluding hydrogens is 346 g/mol. The molecule has 0 saturated heterocycles. The molecule has 26 heavy (non-hydrogen) atoms. The zero-order valence-electron chi connectivity index (χ0n) is 14.2. The molecule has 0 atom stereocenters. The maximum atomic E-state index is 12.6. The average Bonchev–Trinajstić information content (AvgIpc) is 3.25. The minimum absolute atomic E-state index is 0.165. The lowest BCUT2D eigenvalue weighted by Gasteiger charge is -2.08. The average molecular weight is 363 g/mol. The quantitative estimate of drug-likeness (QED) is 0.550. The number of aryl methyl sites for hydroxylation is 1. The van der Waals surface area contributed by atoms with Crippen molar-refractivity contribution in [3.05, 3.63) is 78.4 Å². The summed E-state index contributed by atoms with van der Waals surface area (Å²) in [4.78, 5) is 18.1. The van der Waals surface area contributed by atoms with Crippen LogP contribution in [0.15, 0.2) is 72.0 Å². The lowest BCUT2D eigenvalue weighted by Crippen LogP contribution is -2.13. The number of imidazole rings is 1. The number of amides is 1. The highest BCUT2D eigenvalue weighted by Crippen LogP contribution is 2.26. The largest absolute Gasteiger partial charge is 0.307 e. The van der Waals surface area contributed by atoms with Crippen LogP contribution < -0.4 is 5.32 Å². The summed E-state index contributed by atoms with van der Waals surface area (Å²) in [5.41, 5.74) is 2.53. The van der Waals surface area contributed by atoms with Crippen molar-refractivity contribution in [3.8, 4) is 0 Å². The van der Waals surface area contributed by atoms with E-state index in [1.165, 1.54) is 0 Å². The summed E-state index contributed by atoms with van der Waals surface area (Å²) in [7, 11) is 1.81. The summed E-state index contributed by atoms with van der Waals surface area (Å²) in [6.07, 6.45) is 5.78. The number of carbonyl (C=O) groups excluding carboxylic acids is 1. The van der Waals surface area contributed by atoms with Gasteiger partial charge in [0.25, 0.3) is 5.91 Å². The van der Waals surface area contributed by atoms with Gasteiger partial charge in [0.2, 0.25) is 0 Å². The molecule has 1 amide bonds. The number of pyridine rings is 1. The molecular formula is C19H17N5OS. The summed E-state index contributed by atoms with van der Waals surface area (Å²) in [5.74, 6) is 1.06. The molecule has 0 radical (unpaired) electrons. The molecule has 0 bridgehead atoms. The molecule has 0 aliphatic heterocycles. The van der Waals surface area contributed by atoms with Crippen LogP contribution in [0, 0.1) is 0 Å². The molecule has 3 aromatic heterocycles. The van der Waals surface area contributed by atoms with Crippen molar-refractivity contribution in [3.63, 3.8) is 0 Å². The Hall–Kier alpha value is -3.06. The molecule has 1 aromatic carbocycles. The number of thioether (sulfide) groups is 1. The Morgan fingerprint density at radius 3 is 2.77 bits per heavy atom. The Labute approximate surface area is 154 Å². The molecule has 4 rings (SSSR count). The maximum Gasteiger partial charge on any atom is 0.257 e. The van der Waals surface area contributed by atoms with Gasteiger partial charge in [-0.15, -0.1) is 11.8 Å². The normalized spacial score (nSPS) is 11.0. The molecule has 0 aliphatic rings. The van der Waals surface area contributed by atoms with Crippen molar-refractivity contribution in [1.82, 2.24) is 19.2 Å². The zero-order valence-corrected chi connectivity index (χ0v) is 15.0. The number of hydrogen-bond acceptors (Lipinski definition) is 4. The lowest BCUT2D eigenvalue weighted by atomic mass is 10.2. The van der Waals surface area contributed by atoms with Gasteiger partial charge in [-0.05, 0) is 24.3 Å². The van der Waals surface area contributed by atoms with Gasteiger partial charge in [-0.3, -0.25) is 9.48 Å². The fourth-order valence-electron chi connectivity index (χ4n) is 2.65. The van der Waals surface area contributed by atoms with E-state index < -0.39 is 0 Å². The van der Waals surface area contributed by atoms with Crippen LogP contribution in [0.3, 0.4) is 0 Å². The van der Waals surface area contributed by atoms with Gasteiger partial charge >= 0.3 is 0 Å². The van der Waals surface area contributed by atoms with E-state index in [9.17, 15) is 4.79 Å². The molecule has 3 heterocycles. The monoisotopic (exact) mass is 363 g/mol. The second kappa shape index (κ2) is 7.05. The highest BCUT2D eigenvalue weighted by atomic mass is 32.2. The Bertz CT molecular complexity index is 1040. The van der Waals surface area contributed by atoms with E-state index in [0.717, 1.165) is 16.2 Å². The van der Waals surface area contributed by atoms with Gasteiger partial charge < -0.3 is 9.72 Å². The molecule has 0 aliphatic carbocycles. The number of nitrogens with zero attached hydrogens (tertiary/aromatic N) is 4. The van der Waals surface area contributed by atoms with Gasteiger partial charge in [0.1, 0.15) is 5.65 Å². The van der Waals surface area contributed by atoms with E-state index in [1.807, 2.05) is 66.3 Å². The van der Waals surface area contributed by atoms with Crippen molar-refractivity contribution in [2.75, 3.05) is 5.32 Å². The lowest BCUT2D eigenvalue weighted by molar-refractivity contribution is 0.102. The zero-order chi connectivity index (χ0) is 17.9. The van der Waals surface area contributed by atoms with Crippen LogP contribution in [-0.2, 0) is 12.8 Å². The molecule has 0 saturated carbocycles. The molecule has 0 fully saturated rings. The number of rotatable bonds is 5. The van der Waals surface area contributed by atoms with Crippen LogP contribution in [0.5, 0.6) is 0 Å². The summed E-state index contributed by atoms with van der Waals surface area (Å²) < 4.78 is 3.65. The van der Waals surface area contributed by atoms with Gasteiger partial charge in [0, 0.05) is 42.4 Å². The first kappa shape index (κ1) is 16.4. The van der Waals surface area contributed by atoms with Crippen molar-refractivity contribution < 1.29 is 4.79 Å². The van der Waals surface area contributed by atoms with Crippen molar-refractivity contribution in [2.45, 2.75) is 10.6 Å². The van der Waals surface area contributed by atoms with Gasteiger partial charge in [-0.1, -0.05) is 18.2 Å². The summed E-state index contributed by atoms with van der Waals surface area (Å²) in [5, 5.41) is 7.02. The predicted molar refractivity (Wildman–Crippen MR) is 102 cm³/mol. The predicted octanol–water partition coefficient (Wildman–Crippen LogP) is 3.61. The first-order valence-corrected chi connectivity index (χ1v) is 9.13. The number of hydrogen-bond donors (Lipinski definition) is 1. The Morgan fingerprint density at radius 2 is 1.96 bits per heavy atom. The maximum absolute atomic E-state index is 12.6. The van der Waals surface area contributed by atoms with Crippen molar-refractivity contribution in [1.29, 1.82) is 0 Å². The molecule has 4 aromatic rings. The van der Waals surface area contributed by atoms with Crippen LogP contribution in [-0.4, -0.2) is 25.1 Å². The Morgan fingerprint density at radius 1 is 1.12 bits per heavy atom. The SMILES string of the molecule is Cn1ccc(NC(=O)c2ccccc2SCc2cn3ccccc3n2)n1. The molecule has 130 valence electrons. The fourth-order valence-corrected chi connectivity index (χ4v) is 3.59. The third-order valence-electron chi connectivity index (χ3n) is 3.88. The van der Waals surface area contributed by atoms with Gasteiger partial charge in [0.15, 0.2) is 5.82 Å². The van der Waals surface area contributed by atoms with Crippen LogP contribution in [0.25, 0.3) is 5.65 Å². The van der Waals surface area contributed by atoms with E-state index in [2.05, 4.69) is 15.4 Å². The number of aromatic nitrogens is 4. The van der Waals surface area contributed by atoms with Crippen LogP contribution in [0.2, 0.25) is 0 Å². The van der Waals surface area contributed by atoms with E-state index in [0.29, 0.717) is 17.1 Å². The highest BCUT2D eigenvalue weighted by molar-refractivity contribution is 7.98. The standard InChI is InChI=1S/C19H17N5OS/c1-23-11-9-17(22-23)21-19(25)15-6-2-3-7-16(15)26-13-14-12-24-10-5-4-8-18(24)20-14/h2-12H,13H2,1H3,(H,21,22,25). The van der Waals surface area contributed by atoms with Crippen LogP contribution in [0.1, 0.15) is 16.1 Å². The molecule has 6 nitrogen and oxygen atoms in total. The van der Waals surface area contributed by atoms with Gasteiger partial charge in [0.05, 0.1) is 11.3 Å². The number of carbonyl (C=O) groups is 1. The molecule has 1 N–H and O–H groups in total. The number of nitrogens with one attached hydrogen (secondary N) is 1. The summed E-state index contributed by atoms with van der Waals surface area (Å²) >= 11 is 1.60. The number of benzene rings is 1. The minimum Gasteiger partial charge on any atom is -0.307 e. The number of anilines is 1. The number of fused-ring (bicyclic) bond motifs is 1. The third-order valence-corrected chi connectivity index (χ3v) is 4.98. The first-order chi connectivity index (χ1) is 12.7. The topological polar surface area (TPSA) is 64.2 Å². The Balaban J connectivity index is 1.50. The van der Waals surface area contributed by atoms with E-state index in [1.54, 1.807) is 28.7 Å². The second-order valence-electron chi connectivity index (χ2n) is 5.81. The van der Waals surface area contributed by atoms with Gasteiger partial charge in [-0.2, -0.15) is 5.10 Å². The van der Waals surface area contributed by atoms with E-state index in [4.69, 9.17) is 0 Å². The van der Waals surface area contributed by atoms with Gasteiger partial charge in [-0.25, -0.2) is 4.98 Å². The third kappa shape index (κ3) is 3.48. The highest BCUT2D eigenvalue weighted by Gasteiger charge is 2.13. The van der Waals surface area contributed by atoms with Crippen LogP contribution in [0.4, 0.5) is 5.82 Å². The molecule has 0 unspecified atom stereocenters. The first-order valence-electron chi connectivity index (χ1n) is 8.14. The smallest absolute Gasteiger partial charge is 0.257 e. The molecule has 7 heteroatoms. The minimum atomic E-state index is -0.165. The Kier molecular flexibility index (Phi) is 4.45. The van der Waals surface area contributed by atoms with Crippen LogP contribution >= 0.6 is 11.8 Å². The fraction of sp³-hybridized carbons (Fsp3) is 0.105. The van der Waals surface area contributed by atoms with E-state index in [-0.39, 0.29) is 5.91 Å². The second-order valence-corrected chi connectivity index (χ2v) is 6.83. The van der Waals surface area contributed by atoms with Crippen molar-refractivity contribution in [2.24, 2.45) is 7.05 Å². The molecule has 0 spiro atoms. The van der Waals surface area contributed by atoms with E-state index >= 15 is 0 Å². The van der Waals surface area contributed by atoms with Crippen molar-refractivity contribution >= 4 is 29.1 Å². The summed E-state index contributed by atoms with van der Waals surface area (Å²) in [6, 6.07) is 15.3.